The molecule has 0 atom stereocenters. The Balaban J connectivity index is 3.80. The van der Waals surface area contributed by atoms with Gasteiger partial charge in [-0.15, -0.1) is 0 Å². The number of hydrogen-bond acceptors (Lipinski definition) is 3. The van der Waals surface area contributed by atoms with E-state index in [1.165, 1.54) is 7.05 Å². The first-order valence-electron chi connectivity index (χ1n) is 3.11. The summed E-state index contributed by atoms with van der Waals surface area (Å²) in [5, 5.41) is 2.28. The first-order chi connectivity index (χ1) is 5.02. The number of nitrogens with one attached hydrogen (secondary N) is 1. The van der Waals surface area contributed by atoms with Crippen LogP contribution in [0.25, 0.3) is 0 Å². The van der Waals surface area contributed by atoms with Crippen LogP contribution < -0.4 is 5.32 Å². The van der Waals surface area contributed by atoms with Gasteiger partial charge in [0.1, 0.15) is 6.42 Å². The van der Waals surface area contributed by atoms with Crippen molar-refractivity contribution in [2.24, 2.45) is 0 Å². The molecule has 3 nitrogen and oxygen atoms in total. The predicted molar refractivity (Wildman–Crippen MR) is 35.5 cm³/mol. The zero-order valence-electron chi connectivity index (χ0n) is 6.49. The number of alkyl halides is 2. The van der Waals surface area contributed by atoms with Crippen LogP contribution in [0.4, 0.5) is 8.78 Å². The standard InChI is InChI=1S/C6H11F2NO2/c1-9-4-6(7,8)3-5(10)11-2/h9H,3-4H2,1-2H3. The zero-order valence-corrected chi connectivity index (χ0v) is 6.49. The number of halogens is 2. The molecule has 0 saturated heterocycles. The third-order valence-electron chi connectivity index (χ3n) is 1.07. The summed E-state index contributed by atoms with van der Waals surface area (Å²) in [7, 11) is 2.48. The summed E-state index contributed by atoms with van der Waals surface area (Å²) in [4.78, 5) is 10.4. The monoisotopic (exact) mass is 167 g/mol. The molecule has 0 heterocycles. The van der Waals surface area contributed by atoms with Crippen molar-refractivity contribution in [2.45, 2.75) is 12.3 Å². The second-order valence-corrected chi connectivity index (χ2v) is 2.14. The first kappa shape index (κ1) is 10.3. The third kappa shape index (κ3) is 4.66. The molecule has 0 radical (unpaired) electrons. The molecular weight excluding hydrogens is 156 g/mol. The van der Waals surface area contributed by atoms with Crippen LogP contribution in [0.1, 0.15) is 6.42 Å². The maximum absolute atomic E-state index is 12.5. The second-order valence-electron chi connectivity index (χ2n) is 2.14. The maximum atomic E-state index is 12.5. The minimum atomic E-state index is -3.01. The Morgan fingerprint density at radius 1 is 1.64 bits per heavy atom. The van der Waals surface area contributed by atoms with Crippen molar-refractivity contribution in [3.63, 3.8) is 0 Å². The van der Waals surface area contributed by atoms with Gasteiger partial charge in [-0.1, -0.05) is 0 Å². The van der Waals surface area contributed by atoms with Crippen LogP contribution >= 0.6 is 0 Å². The highest BCUT2D eigenvalue weighted by molar-refractivity contribution is 5.70. The zero-order chi connectivity index (χ0) is 8.91. The molecule has 0 amide bonds. The number of esters is 1. The summed E-state index contributed by atoms with van der Waals surface area (Å²) in [5.74, 6) is -3.91. The van der Waals surface area contributed by atoms with Gasteiger partial charge in [-0.2, -0.15) is 0 Å². The van der Waals surface area contributed by atoms with E-state index in [-0.39, 0.29) is 0 Å². The van der Waals surface area contributed by atoms with Crippen LogP contribution in [-0.2, 0) is 9.53 Å². The highest BCUT2D eigenvalue weighted by atomic mass is 19.3. The minimum Gasteiger partial charge on any atom is -0.469 e. The Morgan fingerprint density at radius 2 is 2.18 bits per heavy atom. The van der Waals surface area contributed by atoms with Gasteiger partial charge in [-0.25, -0.2) is 8.78 Å². The lowest BCUT2D eigenvalue weighted by Crippen LogP contribution is -2.33. The molecule has 0 rings (SSSR count). The van der Waals surface area contributed by atoms with Gasteiger partial charge >= 0.3 is 5.97 Å². The molecule has 1 N–H and O–H groups in total. The van der Waals surface area contributed by atoms with Crippen LogP contribution in [0.15, 0.2) is 0 Å². The summed E-state index contributed by atoms with van der Waals surface area (Å²) >= 11 is 0. The smallest absolute Gasteiger partial charge is 0.311 e. The van der Waals surface area contributed by atoms with Crippen molar-refractivity contribution < 1.29 is 18.3 Å². The van der Waals surface area contributed by atoms with Crippen LogP contribution in [0.2, 0.25) is 0 Å². The van der Waals surface area contributed by atoms with E-state index in [9.17, 15) is 13.6 Å². The van der Waals surface area contributed by atoms with Gasteiger partial charge in [0.2, 0.25) is 0 Å². The Kier molecular flexibility index (Phi) is 3.95. The average molecular weight is 167 g/mol. The highest BCUT2D eigenvalue weighted by Crippen LogP contribution is 2.17. The molecule has 11 heavy (non-hydrogen) atoms. The van der Waals surface area contributed by atoms with Gasteiger partial charge in [-0.05, 0) is 7.05 Å². The van der Waals surface area contributed by atoms with Crippen molar-refractivity contribution in [3.05, 3.63) is 0 Å². The van der Waals surface area contributed by atoms with Gasteiger partial charge < -0.3 is 10.1 Å². The van der Waals surface area contributed by atoms with Crippen LogP contribution in [0.5, 0.6) is 0 Å². The van der Waals surface area contributed by atoms with Gasteiger partial charge in [0.05, 0.1) is 13.7 Å². The lowest BCUT2D eigenvalue weighted by atomic mass is 10.2. The number of rotatable bonds is 4. The Bertz CT molecular complexity index is 139. The van der Waals surface area contributed by atoms with Crippen molar-refractivity contribution in [1.82, 2.24) is 5.32 Å². The highest BCUT2D eigenvalue weighted by Gasteiger charge is 2.31. The van der Waals surface area contributed by atoms with Gasteiger partial charge in [0, 0.05) is 0 Å². The molecule has 66 valence electrons. The molecular formula is C6H11F2NO2. The largest absolute Gasteiger partial charge is 0.469 e. The number of carbonyl (C=O) groups excluding carboxylic acids is 1. The van der Waals surface area contributed by atoms with E-state index in [0.717, 1.165) is 7.11 Å². The molecule has 0 saturated carbocycles. The summed E-state index contributed by atoms with van der Waals surface area (Å²) in [6, 6.07) is 0. The maximum Gasteiger partial charge on any atom is 0.311 e. The second kappa shape index (κ2) is 4.23. The van der Waals surface area contributed by atoms with Crippen LogP contribution in [0, 0.1) is 0 Å². The van der Waals surface area contributed by atoms with Gasteiger partial charge in [0.25, 0.3) is 5.92 Å². The minimum absolute atomic E-state index is 0.512. The molecule has 0 unspecified atom stereocenters. The summed E-state index contributed by atoms with van der Waals surface area (Å²) < 4.78 is 29.1. The van der Waals surface area contributed by atoms with E-state index >= 15 is 0 Å². The number of ether oxygens (including phenoxy) is 1. The lowest BCUT2D eigenvalue weighted by Gasteiger charge is -2.13. The molecule has 0 aromatic heterocycles. The van der Waals surface area contributed by atoms with Crippen molar-refractivity contribution in [3.8, 4) is 0 Å². The fraction of sp³-hybridized carbons (Fsp3) is 0.833. The van der Waals surface area contributed by atoms with E-state index in [2.05, 4.69) is 10.1 Å². The Morgan fingerprint density at radius 3 is 2.55 bits per heavy atom. The molecule has 0 aliphatic rings. The van der Waals surface area contributed by atoms with Crippen molar-refractivity contribution in [1.29, 1.82) is 0 Å². The number of methoxy groups -OCH3 is 1. The van der Waals surface area contributed by atoms with E-state index in [1.54, 1.807) is 0 Å². The summed E-state index contributed by atoms with van der Waals surface area (Å²) in [5.41, 5.74) is 0. The quantitative estimate of drug-likeness (QED) is 0.616. The van der Waals surface area contributed by atoms with Gasteiger partial charge in [-0.3, -0.25) is 4.79 Å². The van der Waals surface area contributed by atoms with Crippen molar-refractivity contribution >= 4 is 5.97 Å². The van der Waals surface area contributed by atoms with Gasteiger partial charge in [0.15, 0.2) is 0 Å². The fourth-order valence-electron chi connectivity index (χ4n) is 0.604. The number of carbonyl (C=O) groups is 1. The van der Waals surface area contributed by atoms with E-state index < -0.39 is 24.9 Å². The summed E-state index contributed by atoms with van der Waals surface area (Å²) in [6.07, 6.45) is -0.871. The topological polar surface area (TPSA) is 38.3 Å². The molecule has 0 bridgehead atoms. The predicted octanol–water partition coefficient (Wildman–Crippen LogP) is 0.404. The van der Waals surface area contributed by atoms with Crippen molar-refractivity contribution in [2.75, 3.05) is 20.7 Å². The SMILES string of the molecule is CNCC(F)(F)CC(=O)OC. The molecule has 0 spiro atoms. The van der Waals surface area contributed by atoms with E-state index in [1.807, 2.05) is 0 Å². The molecule has 0 aromatic carbocycles. The van der Waals surface area contributed by atoms with Crippen LogP contribution in [0.3, 0.4) is 0 Å². The van der Waals surface area contributed by atoms with E-state index in [4.69, 9.17) is 0 Å². The normalized spacial score (nSPS) is 11.3. The summed E-state index contributed by atoms with van der Waals surface area (Å²) in [6.45, 7) is -0.512. The molecule has 0 aliphatic heterocycles. The Labute approximate surface area is 63.7 Å². The fourth-order valence-corrected chi connectivity index (χ4v) is 0.604. The third-order valence-corrected chi connectivity index (χ3v) is 1.07. The molecule has 0 fully saturated rings. The molecule has 0 aromatic rings. The first-order valence-corrected chi connectivity index (χ1v) is 3.11. The van der Waals surface area contributed by atoms with Crippen LogP contribution in [-0.4, -0.2) is 32.6 Å². The molecule has 5 heteroatoms. The number of hydrogen-bond donors (Lipinski definition) is 1. The Hall–Kier alpha value is -0.710. The van der Waals surface area contributed by atoms with E-state index in [0.29, 0.717) is 0 Å². The molecule has 0 aliphatic carbocycles. The lowest BCUT2D eigenvalue weighted by molar-refractivity contribution is -0.148. The average Bonchev–Trinajstić information content (AvgIpc) is 1.86.